The van der Waals surface area contributed by atoms with Crippen molar-refractivity contribution >= 4 is 15.7 Å². The van der Waals surface area contributed by atoms with Crippen LogP contribution in [-0.2, 0) is 14.6 Å². The van der Waals surface area contributed by atoms with E-state index in [1.54, 1.807) is 6.92 Å². The average molecular weight is 277 g/mol. The molecule has 0 aromatic heterocycles. The lowest BCUT2D eigenvalue weighted by Gasteiger charge is -2.25. The minimum absolute atomic E-state index is 0.0476. The zero-order chi connectivity index (χ0) is 13.8. The predicted octanol–water partition coefficient (Wildman–Crippen LogP) is -1.17. The van der Waals surface area contributed by atoms with E-state index in [9.17, 15) is 13.2 Å². The van der Waals surface area contributed by atoms with Gasteiger partial charge in [0.1, 0.15) is 0 Å². The molecule has 1 unspecified atom stereocenters. The van der Waals surface area contributed by atoms with Gasteiger partial charge in [-0.25, -0.2) is 8.42 Å². The number of rotatable bonds is 6. The molecule has 1 atom stereocenters. The van der Waals surface area contributed by atoms with Crippen LogP contribution in [0.15, 0.2) is 0 Å². The van der Waals surface area contributed by atoms with Crippen molar-refractivity contribution in [3.05, 3.63) is 0 Å². The second-order valence-electron chi connectivity index (χ2n) is 5.29. The van der Waals surface area contributed by atoms with E-state index in [-0.39, 0.29) is 24.0 Å². The molecule has 0 aromatic carbocycles. The van der Waals surface area contributed by atoms with Crippen molar-refractivity contribution in [1.29, 1.82) is 0 Å². The molecular formula is C11H23N3O3S. The molecule has 1 aliphatic rings. The molecule has 0 spiro atoms. The van der Waals surface area contributed by atoms with E-state index in [2.05, 4.69) is 10.6 Å². The van der Waals surface area contributed by atoms with Gasteiger partial charge in [0.25, 0.3) is 0 Å². The summed E-state index contributed by atoms with van der Waals surface area (Å²) >= 11 is 0. The first-order chi connectivity index (χ1) is 8.26. The molecule has 0 saturated carbocycles. The van der Waals surface area contributed by atoms with Gasteiger partial charge in [0.15, 0.2) is 9.84 Å². The van der Waals surface area contributed by atoms with Crippen LogP contribution in [0.4, 0.5) is 0 Å². The number of hydrogen-bond donors (Lipinski definition) is 2. The molecule has 1 heterocycles. The van der Waals surface area contributed by atoms with Crippen molar-refractivity contribution < 1.29 is 13.2 Å². The minimum Gasteiger partial charge on any atom is -0.349 e. The zero-order valence-electron chi connectivity index (χ0n) is 11.3. The van der Waals surface area contributed by atoms with Crippen molar-refractivity contribution in [3.63, 3.8) is 0 Å². The second kappa shape index (κ2) is 5.99. The monoisotopic (exact) mass is 277 g/mol. The lowest BCUT2D eigenvalue weighted by atomic mass is 10.0. The Hall–Kier alpha value is -0.660. The summed E-state index contributed by atoms with van der Waals surface area (Å²) in [5.41, 5.74) is -0.597. The summed E-state index contributed by atoms with van der Waals surface area (Å²) in [6, 6.07) is 0. The van der Waals surface area contributed by atoms with E-state index in [4.69, 9.17) is 0 Å². The van der Waals surface area contributed by atoms with Gasteiger partial charge in [-0.1, -0.05) is 0 Å². The summed E-state index contributed by atoms with van der Waals surface area (Å²) in [6.07, 6.45) is 0.501. The molecule has 0 aromatic rings. The molecule has 0 aliphatic carbocycles. The minimum atomic E-state index is -2.98. The highest BCUT2D eigenvalue weighted by Crippen LogP contribution is 2.22. The first-order valence-corrected chi connectivity index (χ1v) is 7.93. The third-order valence-electron chi connectivity index (χ3n) is 3.10. The fraction of sp³-hybridized carbons (Fsp3) is 0.909. The average Bonchev–Trinajstić information content (AvgIpc) is 2.49. The Bertz CT molecular complexity index is 396. The smallest absolute Gasteiger partial charge is 0.234 e. The largest absolute Gasteiger partial charge is 0.349 e. The van der Waals surface area contributed by atoms with Crippen LogP contribution in [0.2, 0.25) is 0 Å². The molecule has 1 amide bonds. The van der Waals surface area contributed by atoms with E-state index in [1.807, 2.05) is 19.0 Å². The molecule has 18 heavy (non-hydrogen) atoms. The molecule has 1 saturated heterocycles. The Morgan fingerprint density at radius 1 is 1.44 bits per heavy atom. The number of amides is 1. The molecule has 7 heteroatoms. The number of nitrogens with one attached hydrogen (secondary N) is 2. The molecule has 6 nitrogen and oxygen atoms in total. The van der Waals surface area contributed by atoms with Crippen LogP contribution < -0.4 is 10.6 Å². The van der Waals surface area contributed by atoms with Gasteiger partial charge in [-0.05, 0) is 27.4 Å². The summed E-state index contributed by atoms with van der Waals surface area (Å²) in [5, 5.41) is 5.85. The van der Waals surface area contributed by atoms with Crippen LogP contribution in [0.25, 0.3) is 0 Å². The fourth-order valence-electron chi connectivity index (χ4n) is 2.11. The van der Waals surface area contributed by atoms with Gasteiger partial charge in [0.05, 0.1) is 23.6 Å². The second-order valence-corrected chi connectivity index (χ2v) is 7.48. The maximum Gasteiger partial charge on any atom is 0.234 e. The van der Waals surface area contributed by atoms with Crippen molar-refractivity contribution in [1.82, 2.24) is 15.5 Å². The SMILES string of the molecule is CNCCN(C)CC(=O)NC1(C)CCS(=O)(=O)C1. The summed E-state index contributed by atoms with van der Waals surface area (Å²) < 4.78 is 22.8. The first-order valence-electron chi connectivity index (χ1n) is 6.11. The standard InChI is InChI=1S/C11H23N3O3S/c1-11(4-7-18(16,17)9-11)13-10(15)8-14(3)6-5-12-2/h12H,4-9H2,1-3H3,(H,13,15). The molecule has 2 N–H and O–H groups in total. The van der Waals surface area contributed by atoms with Crippen molar-refractivity contribution in [2.24, 2.45) is 0 Å². The van der Waals surface area contributed by atoms with E-state index < -0.39 is 15.4 Å². The molecule has 106 valence electrons. The quantitative estimate of drug-likeness (QED) is 0.640. The summed E-state index contributed by atoms with van der Waals surface area (Å²) in [6.45, 7) is 3.68. The summed E-state index contributed by atoms with van der Waals surface area (Å²) in [4.78, 5) is 13.7. The van der Waals surface area contributed by atoms with Crippen molar-refractivity contribution in [2.45, 2.75) is 18.9 Å². The lowest BCUT2D eigenvalue weighted by molar-refractivity contribution is -0.123. The highest BCUT2D eigenvalue weighted by Gasteiger charge is 2.39. The van der Waals surface area contributed by atoms with Crippen LogP contribution in [0.1, 0.15) is 13.3 Å². The number of nitrogens with zero attached hydrogens (tertiary/aromatic N) is 1. The number of sulfone groups is 1. The third-order valence-corrected chi connectivity index (χ3v) is 5.00. The summed E-state index contributed by atoms with van der Waals surface area (Å²) in [5.74, 6) is 0.0962. The van der Waals surface area contributed by atoms with E-state index in [1.165, 1.54) is 0 Å². The molecule has 0 radical (unpaired) electrons. The molecule has 0 bridgehead atoms. The number of likely N-dealkylation sites (N-methyl/N-ethyl adjacent to an activating group) is 2. The Balaban J connectivity index is 2.41. The predicted molar refractivity (Wildman–Crippen MR) is 71.2 cm³/mol. The van der Waals surface area contributed by atoms with Gasteiger partial charge >= 0.3 is 0 Å². The van der Waals surface area contributed by atoms with Gasteiger partial charge in [0, 0.05) is 13.1 Å². The Morgan fingerprint density at radius 3 is 2.61 bits per heavy atom. The van der Waals surface area contributed by atoms with Gasteiger partial charge in [0.2, 0.25) is 5.91 Å². The zero-order valence-corrected chi connectivity index (χ0v) is 12.1. The normalized spacial score (nSPS) is 26.4. The van der Waals surface area contributed by atoms with Gasteiger partial charge in [-0.2, -0.15) is 0 Å². The Morgan fingerprint density at radius 2 is 2.11 bits per heavy atom. The Kier molecular flexibility index (Phi) is 5.12. The van der Waals surface area contributed by atoms with E-state index in [0.29, 0.717) is 6.42 Å². The van der Waals surface area contributed by atoms with Crippen LogP contribution in [-0.4, -0.2) is 70.0 Å². The van der Waals surface area contributed by atoms with E-state index >= 15 is 0 Å². The van der Waals surface area contributed by atoms with Crippen molar-refractivity contribution in [2.75, 3.05) is 45.2 Å². The van der Waals surface area contributed by atoms with E-state index in [0.717, 1.165) is 13.1 Å². The van der Waals surface area contributed by atoms with Crippen LogP contribution in [0, 0.1) is 0 Å². The van der Waals surface area contributed by atoms with Crippen LogP contribution in [0.3, 0.4) is 0 Å². The summed E-state index contributed by atoms with van der Waals surface area (Å²) in [7, 11) is 0.745. The molecule has 1 rings (SSSR count). The molecular weight excluding hydrogens is 254 g/mol. The van der Waals surface area contributed by atoms with Crippen LogP contribution >= 0.6 is 0 Å². The van der Waals surface area contributed by atoms with Gasteiger partial charge in [-0.15, -0.1) is 0 Å². The Labute approximate surface area is 109 Å². The van der Waals surface area contributed by atoms with Crippen molar-refractivity contribution in [3.8, 4) is 0 Å². The van der Waals surface area contributed by atoms with Gasteiger partial charge < -0.3 is 10.6 Å². The number of carbonyl (C=O) groups excluding carboxylic acids is 1. The first kappa shape index (κ1) is 15.4. The molecule has 1 aliphatic heterocycles. The fourth-order valence-corrected chi connectivity index (χ4v) is 4.21. The number of carbonyl (C=O) groups is 1. The maximum absolute atomic E-state index is 11.8. The maximum atomic E-state index is 11.8. The lowest BCUT2D eigenvalue weighted by Crippen LogP contribution is -2.50. The topological polar surface area (TPSA) is 78.5 Å². The van der Waals surface area contributed by atoms with Gasteiger partial charge in [-0.3, -0.25) is 9.69 Å². The highest BCUT2D eigenvalue weighted by atomic mass is 32.2. The third kappa shape index (κ3) is 4.91. The molecule has 1 fully saturated rings. The van der Waals surface area contributed by atoms with Crippen LogP contribution in [0.5, 0.6) is 0 Å². The number of hydrogen-bond acceptors (Lipinski definition) is 5. The highest BCUT2D eigenvalue weighted by molar-refractivity contribution is 7.91.